The molecule has 1 aliphatic carbocycles. The molecule has 0 unspecified atom stereocenters. The first-order valence-corrected chi connectivity index (χ1v) is 8.64. The minimum Gasteiger partial charge on any atom is -0.352 e. The third-order valence-electron chi connectivity index (χ3n) is 4.61. The highest BCUT2D eigenvalue weighted by Gasteiger charge is 2.20. The molecule has 0 saturated carbocycles. The van der Waals surface area contributed by atoms with Gasteiger partial charge in [-0.25, -0.2) is 4.79 Å². The summed E-state index contributed by atoms with van der Waals surface area (Å²) >= 11 is 0. The van der Waals surface area contributed by atoms with Crippen molar-refractivity contribution in [3.63, 3.8) is 0 Å². The number of nitrogens with two attached hydrogens (primary N) is 1. The van der Waals surface area contributed by atoms with Crippen LogP contribution in [0.2, 0.25) is 0 Å². The Morgan fingerprint density at radius 2 is 1.80 bits per heavy atom. The van der Waals surface area contributed by atoms with E-state index in [-0.39, 0.29) is 11.9 Å². The predicted octanol–water partition coefficient (Wildman–Crippen LogP) is 3.05. The van der Waals surface area contributed by atoms with Gasteiger partial charge in [0.25, 0.3) is 5.91 Å². The van der Waals surface area contributed by atoms with Gasteiger partial charge in [0.15, 0.2) is 0 Å². The number of hydrogen-bond donors (Lipinski definition) is 3. The molecule has 0 aromatic heterocycles. The maximum Gasteiger partial charge on any atom is 0.312 e. The van der Waals surface area contributed by atoms with Crippen LogP contribution in [0, 0.1) is 0 Å². The van der Waals surface area contributed by atoms with Crippen LogP contribution >= 0.6 is 0 Å². The number of urea groups is 1. The first kappa shape index (κ1) is 17.0. The van der Waals surface area contributed by atoms with Gasteiger partial charge in [0.1, 0.15) is 0 Å². The van der Waals surface area contributed by atoms with E-state index in [4.69, 9.17) is 5.73 Å². The Morgan fingerprint density at radius 1 is 1.04 bits per heavy atom. The number of primary amides is 1. The molecular weight excluding hydrogens is 314 g/mol. The van der Waals surface area contributed by atoms with Gasteiger partial charge in [-0.15, -0.1) is 0 Å². The van der Waals surface area contributed by atoms with E-state index in [1.807, 2.05) is 18.2 Å². The molecule has 2 aromatic carbocycles. The van der Waals surface area contributed by atoms with Crippen LogP contribution in [-0.2, 0) is 13.0 Å². The second kappa shape index (κ2) is 7.83. The van der Waals surface area contributed by atoms with Gasteiger partial charge in [0.05, 0.1) is 6.04 Å². The van der Waals surface area contributed by atoms with Gasteiger partial charge >= 0.3 is 6.03 Å². The zero-order valence-electron chi connectivity index (χ0n) is 14.1. The van der Waals surface area contributed by atoms with Crippen molar-refractivity contribution >= 4 is 11.9 Å². The van der Waals surface area contributed by atoms with Gasteiger partial charge in [-0.05, 0) is 48.1 Å². The number of benzene rings is 2. The van der Waals surface area contributed by atoms with Crippen molar-refractivity contribution in [1.29, 1.82) is 0 Å². The Kier molecular flexibility index (Phi) is 5.33. The highest BCUT2D eigenvalue weighted by molar-refractivity contribution is 5.94. The molecule has 1 aliphatic rings. The zero-order chi connectivity index (χ0) is 17.6. The molecule has 4 N–H and O–H groups in total. The number of fused-ring (bicyclic) bond motifs is 1. The number of amides is 3. The fourth-order valence-electron chi connectivity index (χ4n) is 3.28. The third kappa shape index (κ3) is 4.38. The topological polar surface area (TPSA) is 84.2 Å². The molecule has 0 bridgehead atoms. The first-order chi connectivity index (χ1) is 12.1. The van der Waals surface area contributed by atoms with Crippen molar-refractivity contribution in [2.75, 3.05) is 0 Å². The van der Waals surface area contributed by atoms with Gasteiger partial charge in [0, 0.05) is 12.1 Å². The maximum absolute atomic E-state index is 12.6. The SMILES string of the molecule is NC(=O)NCc1ccc(C(=O)N[C@@H]2CCCCc3ccccc32)cc1. The molecule has 5 nitrogen and oxygen atoms in total. The van der Waals surface area contributed by atoms with Crippen molar-refractivity contribution < 1.29 is 9.59 Å². The van der Waals surface area contributed by atoms with E-state index in [2.05, 4.69) is 28.8 Å². The lowest BCUT2D eigenvalue weighted by molar-refractivity contribution is 0.0934. The first-order valence-electron chi connectivity index (χ1n) is 8.64. The molecule has 0 spiro atoms. The molecule has 25 heavy (non-hydrogen) atoms. The Bertz CT molecular complexity index is 756. The van der Waals surface area contributed by atoms with Crippen LogP contribution in [-0.4, -0.2) is 11.9 Å². The summed E-state index contributed by atoms with van der Waals surface area (Å²) in [6.07, 6.45) is 4.30. The molecule has 0 heterocycles. The van der Waals surface area contributed by atoms with Gasteiger partial charge in [-0.1, -0.05) is 42.8 Å². The number of carbonyl (C=O) groups is 2. The normalized spacial score (nSPS) is 16.4. The van der Waals surface area contributed by atoms with Crippen LogP contribution in [0.15, 0.2) is 48.5 Å². The Labute approximate surface area is 147 Å². The van der Waals surface area contributed by atoms with Gasteiger partial charge in [-0.2, -0.15) is 0 Å². The van der Waals surface area contributed by atoms with Crippen molar-refractivity contribution in [3.8, 4) is 0 Å². The number of hydrogen-bond acceptors (Lipinski definition) is 2. The van der Waals surface area contributed by atoms with Gasteiger partial charge < -0.3 is 16.4 Å². The second-order valence-electron chi connectivity index (χ2n) is 6.39. The van der Waals surface area contributed by atoms with E-state index in [0.29, 0.717) is 12.1 Å². The van der Waals surface area contributed by atoms with Crippen LogP contribution in [0.3, 0.4) is 0 Å². The van der Waals surface area contributed by atoms with E-state index < -0.39 is 6.03 Å². The molecule has 130 valence electrons. The molecule has 5 heteroatoms. The summed E-state index contributed by atoms with van der Waals surface area (Å²) in [5, 5.41) is 5.70. The molecule has 1 atom stereocenters. The fourth-order valence-corrected chi connectivity index (χ4v) is 3.28. The lowest BCUT2D eigenvalue weighted by atomic mass is 9.98. The summed E-state index contributed by atoms with van der Waals surface area (Å²) in [5.74, 6) is -0.0730. The average Bonchev–Trinajstić information content (AvgIpc) is 2.83. The molecule has 0 saturated heterocycles. The predicted molar refractivity (Wildman–Crippen MR) is 97.1 cm³/mol. The Balaban J connectivity index is 1.69. The molecule has 2 aromatic rings. The summed E-state index contributed by atoms with van der Waals surface area (Å²) in [7, 11) is 0. The Hall–Kier alpha value is -2.82. The number of aryl methyl sites for hydroxylation is 1. The van der Waals surface area contributed by atoms with Crippen molar-refractivity contribution in [3.05, 3.63) is 70.8 Å². The minimum atomic E-state index is -0.561. The second-order valence-corrected chi connectivity index (χ2v) is 6.39. The monoisotopic (exact) mass is 337 g/mol. The lowest BCUT2D eigenvalue weighted by Crippen LogP contribution is -2.29. The van der Waals surface area contributed by atoms with Gasteiger partial charge in [-0.3, -0.25) is 4.79 Å². The van der Waals surface area contributed by atoms with Crippen LogP contribution < -0.4 is 16.4 Å². The standard InChI is InChI=1S/C20H23N3O2/c21-20(25)22-13-14-9-11-16(12-10-14)19(24)23-18-8-4-2-6-15-5-1-3-7-17(15)18/h1,3,5,7,9-12,18H,2,4,6,8,13H2,(H,23,24)(H3,21,22,25)/t18-/m1/s1. The highest BCUT2D eigenvalue weighted by atomic mass is 16.2. The van der Waals surface area contributed by atoms with E-state index in [1.54, 1.807) is 12.1 Å². The number of carbonyl (C=O) groups excluding carboxylic acids is 2. The average molecular weight is 337 g/mol. The zero-order valence-corrected chi connectivity index (χ0v) is 14.1. The molecular formula is C20H23N3O2. The highest BCUT2D eigenvalue weighted by Crippen LogP contribution is 2.28. The van der Waals surface area contributed by atoms with E-state index in [0.717, 1.165) is 31.2 Å². The summed E-state index contributed by atoms with van der Waals surface area (Å²) < 4.78 is 0. The lowest BCUT2D eigenvalue weighted by Gasteiger charge is -2.19. The third-order valence-corrected chi connectivity index (χ3v) is 4.61. The molecule has 3 rings (SSSR count). The van der Waals surface area contributed by atoms with Crippen LogP contribution in [0.25, 0.3) is 0 Å². The molecule has 3 amide bonds. The van der Waals surface area contributed by atoms with Crippen molar-refractivity contribution in [1.82, 2.24) is 10.6 Å². The smallest absolute Gasteiger partial charge is 0.312 e. The van der Waals surface area contributed by atoms with E-state index in [9.17, 15) is 9.59 Å². The van der Waals surface area contributed by atoms with Crippen LogP contribution in [0.1, 0.15) is 52.4 Å². The van der Waals surface area contributed by atoms with Crippen molar-refractivity contribution in [2.24, 2.45) is 5.73 Å². The number of nitrogens with one attached hydrogen (secondary N) is 2. The summed E-state index contributed by atoms with van der Waals surface area (Å²) in [4.78, 5) is 23.4. The van der Waals surface area contributed by atoms with Crippen LogP contribution in [0.5, 0.6) is 0 Å². The molecule has 0 aliphatic heterocycles. The summed E-state index contributed by atoms with van der Waals surface area (Å²) in [5.41, 5.74) is 9.14. The molecule has 0 fully saturated rings. The van der Waals surface area contributed by atoms with E-state index >= 15 is 0 Å². The van der Waals surface area contributed by atoms with Gasteiger partial charge in [0.2, 0.25) is 0 Å². The quantitative estimate of drug-likeness (QED) is 0.749. The van der Waals surface area contributed by atoms with Crippen molar-refractivity contribution in [2.45, 2.75) is 38.3 Å². The number of rotatable bonds is 4. The largest absolute Gasteiger partial charge is 0.352 e. The van der Waals surface area contributed by atoms with E-state index in [1.165, 1.54) is 11.1 Å². The molecule has 0 radical (unpaired) electrons. The summed E-state index contributed by atoms with van der Waals surface area (Å²) in [6, 6.07) is 15.1. The summed E-state index contributed by atoms with van der Waals surface area (Å²) in [6.45, 7) is 0.354. The fraction of sp³-hybridized carbons (Fsp3) is 0.300. The van der Waals surface area contributed by atoms with Crippen LogP contribution in [0.4, 0.5) is 4.79 Å². The maximum atomic E-state index is 12.6. The Morgan fingerprint density at radius 3 is 2.56 bits per heavy atom. The minimum absolute atomic E-state index is 0.0578.